The van der Waals surface area contributed by atoms with Crippen LogP contribution in [0.15, 0.2) is 16.2 Å². The van der Waals surface area contributed by atoms with Gasteiger partial charge in [0.1, 0.15) is 5.82 Å². The first-order valence-corrected chi connectivity index (χ1v) is 6.60. The number of thiazole rings is 1. The molecule has 0 atom stereocenters. The number of hydrogen-bond acceptors (Lipinski definition) is 5. The minimum atomic E-state index is 0.488. The first-order chi connectivity index (χ1) is 7.72. The van der Waals surface area contributed by atoms with Crippen LogP contribution in [-0.4, -0.2) is 15.0 Å². The Hall–Kier alpha value is -1.01. The Balaban J connectivity index is 2.48. The maximum absolute atomic E-state index is 5.84. The zero-order chi connectivity index (χ0) is 11.5. The third-order valence-corrected chi connectivity index (χ3v) is 3.72. The molecule has 4 nitrogen and oxygen atoms in total. The van der Waals surface area contributed by atoms with Crippen molar-refractivity contribution in [3.63, 3.8) is 0 Å². The highest BCUT2D eigenvalue weighted by Crippen LogP contribution is 2.27. The Kier molecular flexibility index (Phi) is 3.50. The van der Waals surface area contributed by atoms with Gasteiger partial charge in [0.05, 0.1) is 20.6 Å². The third-order valence-electron chi connectivity index (χ3n) is 2.08. The monoisotopic (exact) mass is 298 g/mol. The molecule has 0 radical (unpaired) electrons. The van der Waals surface area contributed by atoms with Crippen LogP contribution in [0.4, 0.5) is 5.82 Å². The summed E-state index contributed by atoms with van der Waals surface area (Å²) in [7, 11) is 0. The largest absolute Gasteiger partial charge is 0.383 e. The molecule has 0 unspecified atom stereocenters. The minimum absolute atomic E-state index is 0.488. The van der Waals surface area contributed by atoms with Crippen molar-refractivity contribution < 1.29 is 0 Å². The summed E-state index contributed by atoms with van der Waals surface area (Å²) >= 11 is 4.93. The van der Waals surface area contributed by atoms with Gasteiger partial charge in [-0.25, -0.2) is 9.97 Å². The van der Waals surface area contributed by atoms with E-state index in [1.807, 2.05) is 0 Å². The highest BCUT2D eigenvalue weighted by Gasteiger charge is 2.11. The van der Waals surface area contributed by atoms with Crippen LogP contribution in [0.3, 0.4) is 0 Å². The molecule has 0 aromatic carbocycles. The first kappa shape index (κ1) is 11.5. The van der Waals surface area contributed by atoms with E-state index in [1.165, 1.54) is 11.3 Å². The quantitative estimate of drug-likeness (QED) is 0.946. The summed E-state index contributed by atoms with van der Waals surface area (Å²) in [6.45, 7) is 2.11. The fourth-order valence-electron chi connectivity index (χ4n) is 1.35. The molecule has 0 amide bonds. The van der Waals surface area contributed by atoms with Crippen molar-refractivity contribution >= 4 is 33.1 Å². The van der Waals surface area contributed by atoms with E-state index in [0.29, 0.717) is 11.6 Å². The number of anilines is 1. The molecule has 2 aromatic rings. The number of rotatable bonds is 3. The zero-order valence-corrected chi connectivity index (χ0v) is 11.2. The lowest BCUT2D eigenvalue weighted by Gasteiger charge is -2.06. The summed E-state index contributed by atoms with van der Waals surface area (Å²) in [5, 5.41) is 0. The number of hydrogen-bond donors (Lipinski definition) is 1. The second-order valence-corrected chi connectivity index (χ2v) is 4.99. The molecule has 0 aliphatic heterocycles. The summed E-state index contributed by atoms with van der Waals surface area (Å²) in [4.78, 5) is 13.7. The van der Waals surface area contributed by atoms with Gasteiger partial charge in [-0.3, -0.25) is 4.98 Å². The lowest BCUT2D eigenvalue weighted by molar-refractivity contribution is 0.870. The summed E-state index contributed by atoms with van der Waals surface area (Å²) in [6.07, 6.45) is 3.67. The van der Waals surface area contributed by atoms with Crippen molar-refractivity contribution in [2.75, 3.05) is 5.73 Å². The molecule has 2 N–H and O–H groups in total. The maximum Gasteiger partial charge on any atom is 0.173 e. The second-order valence-electron chi connectivity index (χ2n) is 3.31. The van der Waals surface area contributed by atoms with E-state index in [2.05, 4.69) is 37.8 Å². The van der Waals surface area contributed by atoms with E-state index >= 15 is 0 Å². The Morgan fingerprint density at radius 3 is 2.88 bits per heavy atom. The van der Waals surface area contributed by atoms with E-state index in [4.69, 9.17) is 5.73 Å². The van der Waals surface area contributed by atoms with Gasteiger partial charge in [-0.05, 0) is 22.4 Å². The van der Waals surface area contributed by atoms with Gasteiger partial charge >= 0.3 is 0 Å². The molecule has 0 bridgehead atoms. The van der Waals surface area contributed by atoms with Gasteiger partial charge in [0.25, 0.3) is 0 Å². The smallest absolute Gasteiger partial charge is 0.173 e. The van der Waals surface area contributed by atoms with Crippen molar-refractivity contribution in [3.8, 4) is 10.7 Å². The van der Waals surface area contributed by atoms with Crippen LogP contribution in [0, 0.1) is 0 Å². The molecule has 2 aromatic heterocycles. The number of nitrogen functional groups attached to an aromatic ring is 1. The predicted octanol–water partition coefficient (Wildman–Crippen LogP) is 2.90. The van der Waals surface area contributed by atoms with Gasteiger partial charge in [-0.1, -0.05) is 13.3 Å². The average Bonchev–Trinajstić information content (AvgIpc) is 2.78. The number of nitrogens with two attached hydrogens (primary N) is 1. The fourth-order valence-corrected chi connectivity index (χ4v) is 2.28. The van der Waals surface area contributed by atoms with Gasteiger partial charge in [0.15, 0.2) is 5.82 Å². The third kappa shape index (κ3) is 2.22. The number of halogens is 1. The van der Waals surface area contributed by atoms with E-state index in [-0.39, 0.29) is 0 Å². The van der Waals surface area contributed by atoms with Gasteiger partial charge in [-0.2, -0.15) is 0 Å². The molecule has 0 aliphatic carbocycles. The van der Waals surface area contributed by atoms with E-state index < -0.39 is 0 Å². The summed E-state index contributed by atoms with van der Waals surface area (Å²) in [5.41, 5.74) is 8.56. The number of nitrogens with zero attached hydrogens (tertiary/aromatic N) is 3. The molecule has 0 saturated heterocycles. The fraction of sp³-hybridized carbons (Fsp3) is 0.300. The second kappa shape index (κ2) is 4.88. The van der Waals surface area contributed by atoms with Crippen LogP contribution in [0.25, 0.3) is 10.7 Å². The highest BCUT2D eigenvalue weighted by molar-refractivity contribution is 9.10. The van der Waals surface area contributed by atoms with Crippen LogP contribution < -0.4 is 5.73 Å². The maximum atomic E-state index is 5.84. The standard InChI is InChI=1S/C10H11BrN4S/c1-2-3-6-8(11)9(12)15-10(14-6)7-4-13-5-16-7/h4-5H,2-3H2,1H3,(H2,12,14,15). The molecule has 2 heterocycles. The molecular formula is C10H11BrN4S. The lowest BCUT2D eigenvalue weighted by Crippen LogP contribution is -2.02. The van der Waals surface area contributed by atoms with Crippen LogP contribution >= 0.6 is 27.3 Å². The van der Waals surface area contributed by atoms with Crippen molar-refractivity contribution in [2.24, 2.45) is 0 Å². The van der Waals surface area contributed by atoms with Crippen LogP contribution in [0.2, 0.25) is 0 Å². The molecule has 6 heteroatoms. The Bertz CT molecular complexity index is 484. The minimum Gasteiger partial charge on any atom is -0.383 e. The molecule has 0 saturated carbocycles. The Labute approximate surface area is 106 Å². The molecule has 2 rings (SSSR count). The van der Waals surface area contributed by atoms with E-state index in [9.17, 15) is 0 Å². The van der Waals surface area contributed by atoms with E-state index in [1.54, 1.807) is 11.7 Å². The number of aryl methyl sites for hydroxylation is 1. The van der Waals surface area contributed by atoms with Crippen molar-refractivity contribution in [1.29, 1.82) is 0 Å². The van der Waals surface area contributed by atoms with Crippen molar-refractivity contribution in [3.05, 3.63) is 21.9 Å². The molecule has 16 heavy (non-hydrogen) atoms. The molecule has 0 spiro atoms. The molecular weight excluding hydrogens is 288 g/mol. The van der Waals surface area contributed by atoms with Crippen molar-refractivity contribution in [2.45, 2.75) is 19.8 Å². The van der Waals surface area contributed by atoms with Gasteiger partial charge < -0.3 is 5.73 Å². The first-order valence-electron chi connectivity index (χ1n) is 4.93. The summed E-state index contributed by atoms with van der Waals surface area (Å²) in [5.74, 6) is 1.15. The number of aromatic nitrogens is 3. The van der Waals surface area contributed by atoms with Crippen LogP contribution in [0.1, 0.15) is 19.0 Å². The average molecular weight is 299 g/mol. The summed E-state index contributed by atoms with van der Waals surface area (Å²) in [6, 6.07) is 0. The van der Waals surface area contributed by atoms with Crippen molar-refractivity contribution in [1.82, 2.24) is 15.0 Å². The zero-order valence-electron chi connectivity index (χ0n) is 8.77. The molecule has 84 valence electrons. The van der Waals surface area contributed by atoms with Gasteiger partial charge in [0, 0.05) is 6.20 Å². The van der Waals surface area contributed by atoms with Gasteiger partial charge in [0.2, 0.25) is 0 Å². The summed E-state index contributed by atoms with van der Waals surface area (Å²) < 4.78 is 0.808. The highest BCUT2D eigenvalue weighted by atomic mass is 79.9. The van der Waals surface area contributed by atoms with Crippen LogP contribution in [0.5, 0.6) is 0 Å². The van der Waals surface area contributed by atoms with Crippen LogP contribution in [-0.2, 0) is 6.42 Å². The topological polar surface area (TPSA) is 64.7 Å². The van der Waals surface area contributed by atoms with Gasteiger partial charge in [-0.15, -0.1) is 11.3 Å². The normalized spacial score (nSPS) is 10.6. The Morgan fingerprint density at radius 1 is 1.44 bits per heavy atom. The molecule has 0 fully saturated rings. The predicted molar refractivity (Wildman–Crippen MR) is 69.2 cm³/mol. The molecule has 0 aliphatic rings. The Morgan fingerprint density at radius 2 is 2.25 bits per heavy atom. The SMILES string of the molecule is CCCc1nc(-c2cncs2)nc(N)c1Br. The van der Waals surface area contributed by atoms with E-state index in [0.717, 1.165) is 27.9 Å². The lowest BCUT2D eigenvalue weighted by atomic mass is 10.2.